The van der Waals surface area contributed by atoms with Crippen molar-refractivity contribution in [2.45, 2.75) is 20.3 Å². The van der Waals surface area contributed by atoms with Crippen LogP contribution in [0.15, 0.2) is 40.9 Å². The average molecular weight is 333 g/mol. The van der Waals surface area contributed by atoms with E-state index < -0.39 is 0 Å². The molecule has 0 saturated carbocycles. The van der Waals surface area contributed by atoms with E-state index in [9.17, 15) is 0 Å². The van der Waals surface area contributed by atoms with Crippen LogP contribution in [-0.2, 0) is 6.42 Å². The lowest BCUT2D eigenvalue weighted by molar-refractivity contribution is 0.962. The summed E-state index contributed by atoms with van der Waals surface area (Å²) in [4.78, 5) is 2.21. The van der Waals surface area contributed by atoms with Crippen molar-refractivity contribution in [2.24, 2.45) is 5.73 Å². The number of aryl methyl sites for hydroxylation is 2. The summed E-state index contributed by atoms with van der Waals surface area (Å²) in [6, 6.07) is 13.0. The summed E-state index contributed by atoms with van der Waals surface area (Å²) < 4.78 is 1.12. The first-order chi connectivity index (χ1) is 9.51. The van der Waals surface area contributed by atoms with Crippen molar-refractivity contribution in [3.05, 3.63) is 57.6 Å². The SMILES string of the molecule is Cc1cc(C)cc(N(C)c2ccc(CCN)c(Br)c2)c1. The van der Waals surface area contributed by atoms with Crippen LogP contribution < -0.4 is 10.6 Å². The summed E-state index contributed by atoms with van der Waals surface area (Å²) in [5.41, 5.74) is 11.8. The molecule has 2 N–H and O–H groups in total. The summed E-state index contributed by atoms with van der Waals surface area (Å²) in [7, 11) is 2.10. The zero-order valence-corrected chi connectivity index (χ0v) is 13.9. The number of hydrogen-bond donors (Lipinski definition) is 1. The summed E-state index contributed by atoms with van der Waals surface area (Å²) in [6.45, 7) is 4.93. The molecule has 2 nitrogen and oxygen atoms in total. The largest absolute Gasteiger partial charge is 0.345 e. The minimum atomic E-state index is 0.671. The third-order valence-corrected chi connectivity index (χ3v) is 4.17. The van der Waals surface area contributed by atoms with Crippen LogP contribution in [0.3, 0.4) is 0 Å². The molecule has 2 aromatic rings. The van der Waals surface area contributed by atoms with Crippen molar-refractivity contribution in [1.82, 2.24) is 0 Å². The fourth-order valence-electron chi connectivity index (χ4n) is 2.40. The van der Waals surface area contributed by atoms with Gasteiger partial charge < -0.3 is 10.6 Å². The minimum Gasteiger partial charge on any atom is -0.345 e. The number of nitrogens with two attached hydrogens (primary N) is 1. The molecule has 0 aromatic heterocycles. The second-order valence-corrected chi connectivity index (χ2v) is 6.07. The van der Waals surface area contributed by atoms with Gasteiger partial charge in [-0.25, -0.2) is 0 Å². The number of rotatable bonds is 4. The molecule has 0 bridgehead atoms. The van der Waals surface area contributed by atoms with Crippen molar-refractivity contribution < 1.29 is 0 Å². The summed E-state index contributed by atoms with van der Waals surface area (Å²) >= 11 is 3.64. The standard InChI is InChI=1S/C17H21BrN2/c1-12-8-13(2)10-16(9-12)20(3)15-5-4-14(6-7-19)17(18)11-15/h4-5,8-11H,6-7,19H2,1-3H3. The third-order valence-electron chi connectivity index (χ3n) is 3.43. The fraction of sp³-hybridized carbons (Fsp3) is 0.294. The van der Waals surface area contributed by atoms with Crippen molar-refractivity contribution in [2.75, 3.05) is 18.5 Å². The zero-order chi connectivity index (χ0) is 14.7. The predicted molar refractivity (Wildman–Crippen MR) is 90.9 cm³/mol. The molecule has 0 fully saturated rings. The van der Waals surface area contributed by atoms with E-state index in [4.69, 9.17) is 5.73 Å². The molecule has 0 unspecified atom stereocenters. The van der Waals surface area contributed by atoms with Gasteiger partial charge in [-0.15, -0.1) is 0 Å². The highest BCUT2D eigenvalue weighted by atomic mass is 79.9. The highest BCUT2D eigenvalue weighted by Gasteiger charge is 2.07. The Balaban J connectivity index is 2.33. The Hall–Kier alpha value is -1.32. The van der Waals surface area contributed by atoms with Crippen LogP contribution in [0.25, 0.3) is 0 Å². The molecule has 0 atom stereocenters. The third kappa shape index (κ3) is 3.41. The van der Waals surface area contributed by atoms with Gasteiger partial charge in [0.25, 0.3) is 0 Å². The van der Waals surface area contributed by atoms with Gasteiger partial charge in [0, 0.05) is 22.9 Å². The molecule has 2 rings (SSSR count). The molecular weight excluding hydrogens is 312 g/mol. The molecule has 0 aliphatic rings. The van der Waals surface area contributed by atoms with Gasteiger partial charge in [0.2, 0.25) is 0 Å². The van der Waals surface area contributed by atoms with Gasteiger partial charge in [-0.2, -0.15) is 0 Å². The quantitative estimate of drug-likeness (QED) is 0.902. The molecule has 3 heteroatoms. The lowest BCUT2D eigenvalue weighted by Gasteiger charge is -2.21. The summed E-state index contributed by atoms with van der Waals surface area (Å²) in [5, 5.41) is 0. The first-order valence-corrected chi connectivity index (χ1v) is 7.61. The van der Waals surface area contributed by atoms with E-state index in [0.717, 1.165) is 10.9 Å². The molecule has 0 amide bonds. The van der Waals surface area contributed by atoms with Crippen LogP contribution in [0.5, 0.6) is 0 Å². The van der Waals surface area contributed by atoms with Crippen molar-refractivity contribution in [1.29, 1.82) is 0 Å². The number of hydrogen-bond acceptors (Lipinski definition) is 2. The normalized spacial score (nSPS) is 10.7. The molecule has 0 aliphatic carbocycles. The van der Waals surface area contributed by atoms with Gasteiger partial charge in [0.05, 0.1) is 0 Å². The first kappa shape index (κ1) is 15.1. The predicted octanol–water partition coefficient (Wildman–Crippen LogP) is 4.34. The Morgan fingerprint density at radius 1 is 1.00 bits per heavy atom. The van der Waals surface area contributed by atoms with Crippen LogP contribution in [0.4, 0.5) is 11.4 Å². The second-order valence-electron chi connectivity index (χ2n) is 5.22. The molecular formula is C17H21BrN2. The molecule has 0 aliphatic heterocycles. The van der Waals surface area contributed by atoms with Crippen LogP contribution >= 0.6 is 15.9 Å². The van der Waals surface area contributed by atoms with Crippen LogP contribution in [0.2, 0.25) is 0 Å². The Labute approximate surface area is 129 Å². The Bertz CT molecular complexity index is 588. The topological polar surface area (TPSA) is 29.3 Å². The molecule has 20 heavy (non-hydrogen) atoms. The molecule has 2 aromatic carbocycles. The smallest absolute Gasteiger partial charge is 0.0419 e. The Morgan fingerprint density at radius 3 is 2.20 bits per heavy atom. The van der Waals surface area contributed by atoms with E-state index >= 15 is 0 Å². The summed E-state index contributed by atoms with van der Waals surface area (Å²) in [6.07, 6.45) is 0.897. The van der Waals surface area contributed by atoms with Crippen molar-refractivity contribution >= 4 is 27.3 Å². The molecule has 0 heterocycles. The maximum atomic E-state index is 5.62. The van der Waals surface area contributed by atoms with Gasteiger partial charge in [0.15, 0.2) is 0 Å². The molecule has 0 saturated heterocycles. The van der Waals surface area contributed by atoms with Crippen LogP contribution in [0.1, 0.15) is 16.7 Å². The lowest BCUT2D eigenvalue weighted by atomic mass is 10.1. The summed E-state index contributed by atoms with van der Waals surface area (Å²) in [5.74, 6) is 0. The second kappa shape index (κ2) is 6.42. The molecule has 106 valence electrons. The van der Waals surface area contributed by atoms with Crippen molar-refractivity contribution in [3.63, 3.8) is 0 Å². The van der Waals surface area contributed by atoms with Gasteiger partial charge >= 0.3 is 0 Å². The molecule has 0 radical (unpaired) electrons. The van der Waals surface area contributed by atoms with E-state index in [1.165, 1.54) is 28.1 Å². The molecule has 0 spiro atoms. The van der Waals surface area contributed by atoms with Gasteiger partial charge in [-0.3, -0.25) is 0 Å². The van der Waals surface area contributed by atoms with E-state index in [1.54, 1.807) is 0 Å². The maximum Gasteiger partial charge on any atom is 0.0419 e. The number of nitrogens with zero attached hydrogens (tertiary/aromatic N) is 1. The minimum absolute atomic E-state index is 0.671. The van der Waals surface area contributed by atoms with E-state index in [1.807, 2.05) is 0 Å². The average Bonchev–Trinajstić information content (AvgIpc) is 2.39. The van der Waals surface area contributed by atoms with E-state index in [-0.39, 0.29) is 0 Å². The van der Waals surface area contributed by atoms with E-state index in [2.05, 4.69) is 78.1 Å². The fourth-order valence-corrected chi connectivity index (χ4v) is 2.96. The number of benzene rings is 2. The Morgan fingerprint density at radius 2 is 1.65 bits per heavy atom. The van der Waals surface area contributed by atoms with Gasteiger partial charge in [-0.1, -0.05) is 28.1 Å². The van der Waals surface area contributed by atoms with Crippen molar-refractivity contribution in [3.8, 4) is 0 Å². The monoisotopic (exact) mass is 332 g/mol. The highest BCUT2D eigenvalue weighted by molar-refractivity contribution is 9.10. The van der Waals surface area contributed by atoms with Gasteiger partial charge in [-0.05, 0) is 67.8 Å². The van der Waals surface area contributed by atoms with Gasteiger partial charge in [0.1, 0.15) is 0 Å². The van der Waals surface area contributed by atoms with E-state index in [0.29, 0.717) is 6.54 Å². The number of halogens is 1. The highest BCUT2D eigenvalue weighted by Crippen LogP contribution is 2.29. The first-order valence-electron chi connectivity index (χ1n) is 6.82. The number of anilines is 2. The van der Waals surface area contributed by atoms with Crippen LogP contribution in [0, 0.1) is 13.8 Å². The Kier molecular flexibility index (Phi) is 4.84. The lowest BCUT2D eigenvalue weighted by Crippen LogP contribution is -2.10. The zero-order valence-electron chi connectivity index (χ0n) is 12.3. The van der Waals surface area contributed by atoms with Crippen LogP contribution in [-0.4, -0.2) is 13.6 Å². The maximum absolute atomic E-state index is 5.62.